The lowest BCUT2D eigenvalue weighted by Gasteiger charge is -2.20. The van der Waals surface area contributed by atoms with Crippen LogP contribution in [0.5, 0.6) is 0 Å². The van der Waals surface area contributed by atoms with Crippen LogP contribution >= 0.6 is 34.5 Å². The summed E-state index contributed by atoms with van der Waals surface area (Å²) in [5.74, 6) is -1.34. The Morgan fingerprint density at radius 3 is 2.42 bits per heavy atom. The standard InChI is InChI=1S/C20H13Cl2N3O6S2/c1-24(11-4-2-10(21)3-5-11)33(30,31)12-6-7-13(22)15(8-12)25-18(26)16-14(23-20(25)29)9-32-17(16)19(27)28/h2-9H,1H3,(H,23,29)(H,27,28). The van der Waals surface area contributed by atoms with Gasteiger partial charge in [0.25, 0.3) is 15.6 Å². The number of hydrogen-bond acceptors (Lipinski definition) is 6. The van der Waals surface area contributed by atoms with E-state index in [-0.39, 0.29) is 31.4 Å². The van der Waals surface area contributed by atoms with Gasteiger partial charge in [-0.15, -0.1) is 11.3 Å². The van der Waals surface area contributed by atoms with Crippen LogP contribution in [0.25, 0.3) is 16.6 Å². The van der Waals surface area contributed by atoms with Crippen molar-refractivity contribution in [2.24, 2.45) is 0 Å². The zero-order valence-electron chi connectivity index (χ0n) is 16.6. The first-order valence-electron chi connectivity index (χ1n) is 9.06. The fourth-order valence-corrected chi connectivity index (χ4v) is 5.56. The van der Waals surface area contributed by atoms with Crippen LogP contribution in [-0.4, -0.2) is 36.1 Å². The lowest BCUT2D eigenvalue weighted by molar-refractivity contribution is 0.0704. The number of nitrogens with zero attached hydrogens (tertiary/aromatic N) is 2. The monoisotopic (exact) mass is 525 g/mol. The van der Waals surface area contributed by atoms with E-state index < -0.39 is 27.2 Å². The second-order valence-corrected chi connectivity index (χ2v) is 10.5. The molecule has 13 heteroatoms. The van der Waals surface area contributed by atoms with Crippen LogP contribution in [0.15, 0.2) is 62.3 Å². The maximum atomic E-state index is 13.2. The molecule has 0 saturated carbocycles. The second kappa shape index (κ2) is 8.34. The molecule has 0 amide bonds. The number of sulfonamides is 1. The number of benzene rings is 2. The molecular weight excluding hydrogens is 513 g/mol. The first-order valence-corrected chi connectivity index (χ1v) is 12.1. The van der Waals surface area contributed by atoms with Gasteiger partial charge < -0.3 is 10.1 Å². The largest absolute Gasteiger partial charge is 0.477 e. The quantitative estimate of drug-likeness (QED) is 0.409. The van der Waals surface area contributed by atoms with Crippen molar-refractivity contribution in [1.82, 2.24) is 9.55 Å². The summed E-state index contributed by atoms with van der Waals surface area (Å²) in [6.45, 7) is 0. The minimum atomic E-state index is -4.12. The van der Waals surface area contributed by atoms with E-state index in [1.165, 1.54) is 48.8 Å². The summed E-state index contributed by atoms with van der Waals surface area (Å²) >= 11 is 12.9. The third kappa shape index (κ3) is 3.93. The van der Waals surface area contributed by atoms with Gasteiger partial charge in [0.2, 0.25) is 0 Å². The van der Waals surface area contributed by atoms with Crippen molar-refractivity contribution in [3.8, 4) is 5.69 Å². The van der Waals surface area contributed by atoms with Crippen LogP contribution in [0, 0.1) is 0 Å². The van der Waals surface area contributed by atoms with Crippen LogP contribution in [0.1, 0.15) is 9.67 Å². The van der Waals surface area contributed by atoms with Crippen molar-refractivity contribution in [2.75, 3.05) is 11.4 Å². The zero-order valence-corrected chi connectivity index (χ0v) is 19.7. The molecule has 33 heavy (non-hydrogen) atoms. The Hall–Kier alpha value is -3.12. The number of nitrogens with one attached hydrogen (secondary N) is 1. The predicted octanol–water partition coefficient (Wildman–Crippen LogP) is 3.57. The number of aromatic nitrogens is 2. The van der Waals surface area contributed by atoms with Gasteiger partial charge in [0.15, 0.2) is 0 Å². The van der Waals surface area contributed by atoms with Crippen LogP contribution < -0.4 is 15.6 Å². The molecule has 0 bridgehead atoms. The molecule has 0 unspecified atom stereocenters. The molecule has 2 heterocycles. The smallest absolute Gasteiger partial charge is 0.346 e. The van der Waals surface area contributed by atoms with Crippen molar-refractivity contribution in [2.45, 2.75) is 4.90 Å². The Kier molecular flexibility index (Phi) is 5.83. The Morgan fingerprint density at radius 2 is 1.79 bits per heavy atom. The molecule has 2 N–H and O–H groups in total. The number of carbonyl (C=O) groups is 1. The van der Waals surface area contributed by atoms with E-state index in [9.17, 15) is 27.9 Å². The number of hydrogen-bond donors (Lipinski definition) is 2. The Balaban J connectivity index is 1.91. The summed E-state index contributed by atoms with van der Waals surface area (Å²) < 4.78 is 28.0. The highest BCUT2D eigenvalue weighted by Gasteiger charge is 2.25. The van der Waals surface area contributed by atoms with Crippen molar-refractivity contribution < 1.29 is 18.3 Å². The van der Waals surface area contributed by atoms with Crippen LogP contribution in [0.3, 0.4) is 0 Å². The van der Waals surface area contributed by atoms with Gasteiger partial charge in [0, 0.05) is 17.5 Å². The van der Waals surface area contributed by atoms with E-state index in [0.29, 0.717) is 15.3 Å². The Bertz CT molecular complexity index is 1640. The number of aromatic carboxylic acids is 1. The number of rotatable bonds is 5. The zero-order chi connectivity index (χ0) is 24.1. The number of thiophene rings is 1. The maximum absolute atomic E-state index is 13.2. The van der Waals surface area contributed by atoms with Gasteiger partial charge in [-0.1, -0.05) is 23.2 Å². The highest BCUT2D eigenvalue weighted by Crippen LogP contribution is 2.28. The fourth-order valence-electron chi connectivity index (χ4n) is 3.19. The minimum Gasteiger partial charge on any atom is -0.477 e. The van der Waals surface area contributed by atoms with Crippen molar-refractivity contribution in [3.63, 3.8) is 0 Å². The average Bonchev–Trinajstić information content (AvgIpc) is 3.19. The minimum absolute atomic E-state index is 0.0611. The van der Waals surface area contributed by atoms with Crippen LogP contribution in [0.2, 0.25) is 10.0 Å². The summed E-state index contributed by atoms with van der Waals surface area (Å²) in [5.41, 5.74) is -1.65. The number of carboxylic acid groups (broad SMARTS) is 1. The van der Waals surface area contributed by atoms with E-state index in [0.717, 1.165) is 21.7 Å². The molecule has 0 spiro atoms. The van der Waals surface area contributed by atoms with E-state index >= 15 is 0 Å². The molecule has 0 aliphatic carbocycles. The summed E-state index contributed by atoms with van der Waals surface area (Å²) in [5, 5.41) is 10.8. The van der Waals surface area contributed by atoms with Gasteiger partial charge in [-0.2, -0.15) is 0 Å². The molecule has 4 aromatic rings. The van der Waals surface area contributed by atoms with Crippen molar-refractivity contribution >= 4 is 67.1 Å². The van der Waals surface area contributed by atoms with E-state index in [2.05, 4.69) is 4.98 Å². The molecule has 0 saturated heterocycles. The molecule has 0 aliphatic rings. The lowest BCUT2D eigenvalue weighted by Crippen LogP contribution is -2.34. The van der Waals surface area contributed by atoms with Gasteiger partial charge in [0.05, 0.1) is 32.2 Å². The van der Waals surface area contributed by atoms with Crippen molar-refractivity contribution in [3.05, 3.63) is 83.6 Å². The van der Waals surface area contributed by atoms with Gasteiger partial charge in [-0.3, -0.25) is 9.10 Å². The first-order chi connectivity index (χ1) is 15.5. The highest BCUT2D eigenvalue weighted by atomic mass is 35.5. The summed E-state index contributed by atoms with van der Waals surface area (Å²) in [6.07, 6.45) is 0. The van der Waals surface area contributed by atoms with Gasteiger partial charge >= 0.3 is 11.7 Å². The van der Waals surface area contributed by atoms with Gasteiger partial charge in [-0.25, -0.2) is 22.6 Å². The van der Waals surface area contributed by atoms with Crippen molar-refractivity contribution in [1.29, 1.82) is 0 Å². The fraction of sp³-hybridized carbons (Fsp3) is 0.0500. The average molecular weight is 526 g/mol. The van der Waals surface area contributed by atoms with E-state index in [4.69, 9.17) is 23.2 Å². The molecule has 4 rings (SSSR count). The summed E-state index contributed by atoms with van der Waals surface area (Å²) in [4.78, 5) is 39.2. The number of aromatic amines is 1. The van der Waals surface area contributed by atoms with Gasteiger partial charge in [0.1, 0.15) is 4.88 Å². The van der Waals surface area contributed by atoms with Crippen LogP contribution in [0.4, 0.5) is 5.69 Å². The number of anilines is 1. The second-order valence-electron chi connectivity index (χ2n) is 6.79. The summed E-state index contributed by atoms with van der Waals surface area (Å²) in [7, 11) is -2.78. The highest BCUT2D eigenvalue weighted by molar-refractivity contribution is 7.92. The molecule has 9 nitrogen and oxygen atoms in total. The third-order valence-electron chi connectivity index (χ3n) is 4.85. The normalized spacial score (nSPS) is 11.6. The number of carboxylic acids is 1. The van der Waals surface area contributed by atoms with Gasteiger partial charge in [-0.05, 0) is 42.5 Å². The molecular formula is C20H13Cl2N3O6S2. The molecule has 0 fully saturated rings. The molecule has 0 aliphatic heterocycles. The first kappa shape index (κ1) is 23.1. The SMILES string of the molecule is CN(c1ccc(Cl)cc1)S(=O)(=O)c1ccc(Cl)c(-n2c(=O)[nH]c3csc(C(=O)O)c3c2=O)c1. The Labute approximate surface area is 200 Å². The molecule has 0 atom stereocenters. The number of halogens is 2. The number of fused-ring (bicyclic) bond motifs is 1. The molecule has 2 aromatic carbocycles. The topological polar surface area (TPSA) is 130 Å². The summed E-state index contributed by atoms with van der Waals surface area (Å²) in [6, 6.07) is 9.66. The van der Waals surface area contributed by atoms with Crippen LogP contribution in [-0.2, 0) is 10.0 Å². The number of H-pyrrole nitrogens is 1. The Morgan fingerprint density at radius 1 is 1.12 bits per heavy atom. The molecule has 0 radical (unpaired) electrons. The molecule has 170 valence electrons. The third-order valence-corrected chi connectivity index (χ3v) is 8.18. The molecule has 2 aromatic heterocycles. The lowest BCUT2D eigenvalue weighted by atomic mass is 10.2. The van der Waals surface area contributed by atoms with E-state index in [1.807, 2.05) is 0 Å². The maximum Gasteiger partial charge on any atom is 0.346 e. The predicted molar refractivity (Wildman–Crippen MR) is 127 cm³/mol. The van der Waals surface area contributed by atoms with E-state index in [1.54, 1.807) is 0 Å².